The van der Waals surface area contributed by atoms with Crippen molar-refractivity contribution in [2.24, 2.45) is 0 Å². The molecule has 0 bridgehead atoms. The average Bonchev–Trinajstić information content (AvgIpc) is 3.35. The van der Waals surface area contributed by atoms with Gasteiger partial charge in [0.25, 0.3) is 0 Å². The number of amides is 2. The Morgan fingerprint density at radius 2 is 1.93 bits per heavy atom. The second kappa shape index (κ2) is 8.26. The number of hydrogen-bond acceptors (Lipinski definition) is 4. The highest BCUT2D eigenvalue weighted by atomic mass is 16.2. The maximum atomic E-state index is 12.3. The Kier molecular flexibility index (Phi) is 5.37. The van der Waals surface area contributed by atoms with Crippen LogP contribution in [0.5, 0.6) is 0 Å². The maximum absolute atomic E-state index is 12.3. The van der Waals surface area contributed by atoms with Gasteiger partial charge in [-0.1, -0.05) is 12.1 Å². The number of aromatic nitrogens is 3. The highest BCUT2D eigenvalue weighted by Crippen LogP contribution is 2.21. The molecule has 0 unspecified atom stereocenters. The summed E-state index contributed by atoms with van der Waals surface area (Å²) in [6.45, 7) is 3.12. The molecular weight excluding hydrogens is 366 g/mol. The summed E-state index contributed by atoms with van der Waals surface area (Å²) in [7, 11) is 0. The number of pyridine rings is 1. The van der Waals surface area contributed by atoms with Crippen LogP contribution >= 0.6 is 0 Å². The number of anilines is 1. The lowest BCUT2D eigenvalue weighted by Gasteiger charge is -2.15. The van der Waals surface area contributed by atoms with Crippen LogP contribution in [0.15, 0.2) is 55.0 Å². The van der Waals surface area contributed by atoms with E-state index in [1.54, 1.807) is 17.3 Å². The molecule has 2 amide bonds. The summed E-state index contributed by atoms with van der Waals surface area (Å²) in [4.78, 5) is 34.5. The molecule has 1 N–H and O–H groups in total. The van der Waals surface area contributed by atoms with Gasteiger partial charge < -0.3 is 10.2 Å². The minimum atomic E-state index is -0.0489. The minimum absolute atomic E-state index is 0.0489. The number of benzene rings is 1. The molecule has 0 aliphatic carbocycles. The van der Waals surface area contributed by atoms with Crippen molar-refractivity contribution in [3.63, 3.8) is 0 Å². The zero-order valence-electron chi connectivity index (χ0n) is 16.3. The first-order valence-electron chi connectivity index (χ1n) is 9.71. The maximum Gasteiger partial charge on any atom is 0.227 e. The van der Waals surface area contributed by atoms with Crippen LogP contribution in [0.3, 0.4) is 0 Å². The third kappa shape index (κ3) is 4.34. The van der Waals surface area contributed by atoms with Crippen LogP contribution in [0, 0.1) is 6.92 Å². The predicted octanol–water partition coefficient (Wildman–Crippen LogP) is 2.56. The molecule has 0 atom stereocenters. The van der Waals surface area contributed by atoms with Gasteiger partial charge in [0.05, 0.1) is 6.42 Å². The number of carbonyl (C=O) groups is 2. The van der Waals surface area contributed by atoms with Crippen LogP contribution < -0.4 is 10.2 Å². The molecule has 1 aliphatic rings. The summed E-state index contributed by atoms with van der Waals surface area (Å²) in [5.74, 6) is 1.75. The summed E-state index contributed by atoms with van der Waals surface area (Å²) >= 11 is 0. The van der Waals surface area contributed by atoms with Crippen molar-refractivity contribution < 1.29 is 9.59 Å². The van der Waals surface area contributed by atoms with E-state index in [1.807, 2.05) is 54.1 Å². The fourth-order valence-electron chi connectivity index (χ4n) is 3.49. The van der Waals surface area contributed by atoms with Crippen molar-refractivity contribution in [2.45, 2.75) is 32.7 Å². The standard InChI is InChI=1S/C22H23N5O2/c1-16-23-10-12-26(16)20-13-18(8-9-24-20)15-25-21(28)14-17-4-6-19(7-5-17)27-11-2-3-22(27)29/h4-10,12-13H,2-3,11,14-15H2,1H3,(H,25,28). The molecule has 29 heavy (non-hydrogen) atoms. The molecule has 7 nitrogen and oxygen atoms in total. The molecule has 0 spiro atoms. The molecule has 1 aliphatic heterocycles. The van der Waals surface area contributed by atoms with E-state index < -0.39 is 0 Å². The Morgan fingerprint density at radius 3 is 2.62 bits per heavy atom. The molecular formula is C22H23N5O2. The Bertz CT molecular complexity index is 1030. The van der Waals surface area contributed by atoms with Crippen molar-refractivity contribution in [1.29, 1.82) is 0 Å². The normalized spacial score (nSPS) is 13.7. The van der Waals surface area contributed by atoms with E-state index in [-0.39, 0.29) is 11.8 Å². The lowest BCUT2D eigenvalue weighted by molar-refractivity contribution is -0.120. The fourth-order valence-corrected chi connectivity index (χ4v) is 3.49. The highest BCUT2D eigenvalue weighted by Gasteiger charge is 2.21. The molecule has 1 saturated heterocycles. The van der Waals surface area contributed by atoms with Crippen molar-refractivity contribution in [2.75, 3.05) is 11.4 Å². The zero-order valence-corrected chi connectivity index (χ0v) is 16.3. The van der Waals surface area contributed by atoms with E-state index in [0.29, 0.717) is 19.4 Å². The van der Waals surface area contributed by atoms with Crippen molar-refractivity contribution >= 4 is 17.5 Å². The quantitative estimate of drug-likeness (QED) is 0.703. The molecule has 148 valence electrons. The first-order valence-corrected chi connectivity index (χ1v) is 9.71. The van der Waals surface area contributed by atoms with Crippen molar-refractivity contribution in [1.82, 2.24) is 19.9 Å². The van der Waals surface area contributed by atoms with E-state index in [4.69, 9.17) is 0 Å². The first kappa shape index (κ1) is 18.9. The van der Waals surface area contributed by atoms with Crippen molar-refractivity contribution in [3.05, 3.63) is 71.9 Å². The topological polar surface area (TPSA) is 80.1 Å². The zero-order chi connectivity index (χ0) is 20.2. The lowest BCUT2D eigenvalue weighted by Crippen LogP contribution is -2.25. The monoisotopic (exact) mass is 389 g/mol. The van der Waals surface area contributed by atoms with E-state index in [1.165, 1.54) is 0 Å². The second-order valence-electron chi connectivity index (χ2n) is 7.14. The molecule has 0 saturated carbocycles. The Balaban J connectivity index is 1.33. The summed E-state index contributed by atoms with van der Waals surface area (Å²) in [6.07, 6.45) is 7.14. The molecule has 3 aromatic rings. The number of hydrogen-bond donors (Lipinski definition) is 1. The summed E-state index contributed by atoms with van der Waals surface area (Å²) in [6, 6.07) is 11.5. The third-order valence-corrected chi connectivity index (χ3v) is 5.06. The smallest absolute Gasteiger partial charge is 0.227 e. The predicted molar refractivity (Wildman–Crippen MR) is 110 cm³/mol. The summed E-state index contributed by atoms with van der Waals surface area (Å²) in [5, 5.41) is 2.96. The molecule has 1 aromatic carbocycles. The van der Waals surface area contributed by atoms with Crippen molar-refractivity contribution in [3.8, 4) is 5.82 Å². The first-order chi connectivity index (χ1) is 14.1. The summed E-state index contributed by atoms with van der Waals surface area (Å²) in [5.41, 5.74) is 2.79. The number of nitrogens with one attached hydrogen (secondary N) is 1. The Hall–Kier alpha value is -3.48. The molecule has 4 rings (SSSR count). The molecule has 1 fully saturated rings. The van der Waals surface area contributed by atoms with Crippen LogP contribution in [0.2, 0.25) is 0 Å². The van der Waals surface area contributed by atoms with Crippen LogP contribution in [0.25, 0.3) is 5.82 Å². The van der Waals surface area contributed by atoms with Gasteiger partial charge in [0.2, 0.25) is 11.8 Å². The Labute approximate surface area is 169 Å². The van der Waals surface area contributed by atoms with E-state index in [0.717, 1.165) is 41.4 Å². The van der Waals surface area contributed by atoms with Gasteiger partial charge >= 0.3 is 0 Å². The van der Waals surface area contributed by atoms with Crippen LogP contribution in [-0.2, 0) is 22.6 Å². The summed E-state index contributed by atoms with van der Waals surface area (Å²) < 4.78 is 1.90. The van der Waals surface area contributed by atoms with Gasteiger partial charge in [0.15, 0.2) is 0 Å². The Morgan fingerprint density at radius 1 is 1.10 bits per heavy atom. The molecule has 0 radical (unpaired) electrons. The molecule has 7 heteroatoms. The van der Waals surface area contributed by atoms with E-state index in [2.05, 4.69) is 15.3 Å². The average molecular weight is 389 g/mol. The van der Waals surface area contributed by atoms with Gasteiger partial charge in [-0.3, -0.25) is 14.2 Å². The second-order valence-corrected chi connectivity index (χ2v) is 7.14. The number of aryl methyl sites for hydroxylation is 1. The molecule has 3 heterocycles. The SMILES string of the molecule is Cc1nccn1-c1cc(CNC(=O)Cc2ccc(N3CCCC3=O)cc2)ccn1. The van der Waals surface area contributed by atoms with Crippen LogP contribution in [-0.4, -0.2) is 32.9 Å². The van der Waals surface area contributed by atoms with Gasteiger partial charge in [0.1, 0.15) is 11.6 Å². The van der Waals surface area contributed by atoms with E-state index in [9.17, 15) is 9.59 Å². The van der Waals surface area contributed by atoms with Gasteiger partial charge in [-0.15, -0.1) is 0 Å². The largest absolute Gasteiger partial charge is 0.352 e. The van der Waals surface area contributed by atoms with Gasteiger partial charge in [0, 0.05) is 43.8 Å². The van der Waals surface area contributed by atoms with Gasteiger partial charge in [-0.05, 0) is 48.7 Å². The molecule has 2 aromatic heterocycles. The van der Waals surface area contributed by atoms with Gasteiger partial charge in [-0.2, -0.15) is 0 Å². The number of carbonyl (C=O) groups excluding carboxylic acids is 2. The highest BCUT2D eigenvalue weighted by molar-refractivity contribution is 5.95. The minimum Gasteiger partial charge on any atom is -0.352 e. The van der Waals surface area contributed by atoms with E-state index >= 15 is 0 Å². The third-order valence-electron chi connectivity index (χ3n) is 5.06. The van der Waals surface area contributed by atoms with Crippen LogP contribution in [0.4, 0.5) is 5.69 Å². The number of imidazole rings is 1. The lowest BCUT2D eigenvalue weighted by atomic mass is 10.1. The fraction of sp³-hybridized carbons (Fsp3) is 0.273. The van der Waals surface area contributed by atoms with Gasteiger partial charge in [-0.25, -0.2) is 9.97 Å². The van der Waals surface area contributed by atoms with Crippen LogP contribution in [0.1, 0.15) is 29.8 Å². The number of rotatable bonds is 6. The number of nitrogens with zero attached hydrogens (tertiary/aromatic N) is 4.